The van der Waals surface area contributed by atoms with Crippen molar-refractivity contribution in [3.63, 3.8) is 0 Å². The normalized spacial score (nSPS) is 12.3. The van der Waals surface area contributed by atoms with Gasteiger partial charge in [-0.2, -0.15) is 13.2 Å². The number of carbonyl (C=O) groups excluding carboxylic acids is 1. The molecule has 0 heterocycles. The third-order valence-corrected chi connectivity index (χ3v) is 4.03. The molecule has 0 spiro atoms. The van der Waals surface area contributed by atoms with Gasteiger partial charge in [-0.15, -0.1) is 0 Å². The van der Waals surface area contributed by atoms with E-state index in [1.54, 1.807) is 0 Å². The van der Waals surface area contributed by atoms with Crippen LogP contribution in [0.4, 0.5) is 18.9 Å². The number of hydrogen-bond acceptors (Lipinski definition) is 2. The van der Waals surface area contributed by atoms with Crippen LogP contribution in [0.25, 0.3) is 0 Å². The fourth-order valence-electron chi connectivity index (χ4n) is 2.25. The van der Waals surface area contributed by atoms with Gasteiger partial charge in [-0.1, -0.05) is 20.8 Å². The second-order valence-electron chi connectivity index (χ2n) is 5.09. The van der Waals surface area contributed by atoms with E-state index in [9.17, 15) is 18.0 Å². The molecule has 21 heavy (non-hydrogen) atoms. The smallest absolute Gasteiger partial charge is 0.398 e. The van der Waals surface area contributed by atoms with E-state index in [-0.39, 0.29) is 11.3 Å². The van der Waals surface area contributed by atoms with E-state index in [1.165, 1.54) is 0 Å². The number of hydrogen-bond donors (Lipinski definition) is 2. The van der Waals surface area contributed by atoms with Crippen LogP contribution in [0, 0.1) is 0 Å². The molecule has 3 N–H and O–H groups in total. The Bertz CT molecular complexity index is 500. The lowest BCUT2D eigenvalue weighted by atomic mass is 9.89. The van der Waals surface area contributed by atoms with Crippen LogP contribution in [0.3, 0.4) is 0 Å². The quantitative estimate of drug-likeness (QED) is 0.808. The first-order chi connectivity index (χ1) is 9.69. The third kappa shape index (κ3) is 3.89. The highest BCUT2D eigenvalue weighted by Gasteiger charge is 2.32. The van der Waals surface area contributed by atoms with E-state index < -0.39 is 23.2 Å². The van der Waals surface area contributed by atoms with Crippen LogP contribution in [-0.4, -0.2) is 11.4 Å². The first-order valence-electron chi connectivity index (χ1n) is 6.98. The zero-order chi connectivity index (χ0) is 16.3. The first kappa shape index (κ1) is 17.3. The fraction of sp³-hybridized carbons (Fsp3) is 0.533. The third-order valence-electron chi connectivity index (χ3n) is 4.03. The van der Waals surface area contributed by atoms with Crippen LogP contribution in [0.15, 0.2) is 18.2 Å². The highest BCUT2D eigenvalue weighted by molar-refractivity contribution is 5.99. The van der Waals surface area contributed by atoms with Crippen molar-refractivity contribution >= 4 is 11.6 Å². The molecule has 1 rings (SSSR count). The Kier molecular flexibility index (Phi) is 5.25. The fourth-order valence-corrected chi connectivity index (χ4v) is 2.25. The lowest BCUT2D eigenvalue weighted by molar-refractivity contribution is -0.137. The molecule has 0 aromatic heterocycles. The summed E-state index contributed by atoms with van der Waals surface area (Å²) in [6.45, 7) is 5.80. The van der Waals surface area contributed by atoms with Crippen molar-refractivity contribution in [1.29, 1.82) is 0 Å². The monoisotopic (exact) mass is 302 g/mol. The molecule has 0 saturated carbocycles. The Labute approximate surface area is 122 Å². The number of anilines is 1. The van der Waals surface area contributed by atoms with Crippen LogP contribution in [-0.2, 0) is 6.18 Å². The van der Waals surface area contributed by atoms with E-state index >= 15 is 0 Å². The molecule has 0 aliphatic heterocycles. The van der Waals surface area contributed by atoms with E-state index in [0.717, 1.165) is 18.2 Å². The van der Waals surface area contributed by atoms with Gasteiger partial charge in [0.1, 0.15) is 0 Å². The van der Waals surface area contributed by atoms with Gasteiger partial charge in [-0.3, -0.25) is 4.79 Å². The Morgan fingerprint density at radius 1 is 1.14 bits per heavy atom. The van der Waals surface area contributed by atoms with Crippen molar-refractivity contribution in [2.24, 2.45) is 0 Å². The van der Waals surface area contributed by atoms with Crippen molar-refractivity contribution in [3.8, 4) is 0 Å². The molecule has 0 radical (unpaired) electrons. The molecule has 0 bridgehead atoms. The minimum absolute atomic E-state index is 0.0395. The summed E-state index contributed by atoms with van der Waals surface area (Å²) in [4.78, 5) is 12.3. The van der Waals surface area contributed by atoms with Crippen molar-refractivity contribution in [2.75, 3.05) is 5.73 Å². The average Bonchev–Trinajstić information content (AvgIpc) is 2.44. The summed E-state index contributed by atoms with van der Waals surface area (Å²) in [5.74, 6) is -0.566. The molecule has 1 aromatic rings. The molecule has 0 aliphatic rings. The van der Waals surface area contributed by atoms with Crippen LogP contribution in [0.1, 0.15) is 56.0 Å². The molecule has 1 amide bonds. The SMILES string of the molecule is CCC(CC)(CC)NC(=O)c1cc(C(F)(F)F)ccc1N. The number of nitrogens with one attached hydrogen (secondary N) is 1. The Hall–Kier alpha value is -1.72. The zero-order valence-electron chi connectivity index (χ0n) is 12.5. The molecule has 6 heteroatoms. The topological polar surface area (TPSA) is 55.1 Å². The summed E-state index contributed by atoms with van der Waals surface area (Å²) in [7, 11) is 0. The van der Waals surface area contributed by atoms with Crippen molar-refractivity contribution in [1.82, 2.24) is 5.32 Å². The van der Waals surface area contributed by atoms with E-state index in [1.807, 2.05) is 20.8 Å². The number of rotatable bonds is 5. The maximum Gasteiger partial charge on any atom is 0.416 e. The summed E-state index contributed by atoms with van der Waals surface area (Å²) in [5, 5.41) is 2.83. The first-order valence-corrected chi connectivity index (χ1v) is 6.98. The van der Waals surface area contributed by atoms with Gasteiger partial charge in [0.2, 0.25) is 0 Å². The predicted octanol–water partition coefficient (Wildman–Crippen LogP) is 3.99. The van der Waals surface area contributed by atoms with Gasteiger partial charge in [0.25, 0.3) is 5.91 Å². The van der Waals surface area contributed by atoms with Crippen molar-refractivity contribution < 1.29 is 18.0 Å². The van der Waals surface area contributed by atoms with Gasteiger partial charge in [-0.05, 0) is 37.5 Å². The van der Waals surface area contributed by atoms with E-state index in [0.29, 0.717) is 19.3 Å². The van der Waals surface area contributed by atoms with E-state index in [4.69, 9.17) is 5.73 Å². The van der Waals surface area contributed by atoms with Crippen molar-refractivity contribution in [2.45, 2.75) is 51.7 Å². The molecular weight excluding hydrogens is 281 g/mol. The number of nitrogen functional groups attached to an aromatic ring is 1. The number of alkyl halides is 3. The number of carbonyl (C=O) groups is 1. The molecule has 0 saturated heterocycles. The minimum atomic E-state index is -4.50. The Morgan fingerprint density at radius 3 is 2.10 bits per heavy atom. The lowest BCUT2D eigenvalue weighted by Gasteiger charge is -2.32. The van der Waals surface area contributed by atoms with Gasteiger partial charge in [0, 0.05) is 11.2 Å². The molecule has 0 atom stereocenters. The minimum Gasteiger partial charge on any atom is -0.398 e. The molecule has 1 aromatic carbocycles. The zero-order valence-corrected chi connectivity index (χ0v) is 12.5. The molecule has 0 fully saturated rings. The highest BCUT2D eigenvalue weighted by atomic mass is 19.4. The molecule has 0 aliphatic carbocycles. The summed E-state index contributed by atoms with van der Waals surface area (Å²) >= 11 is 0. The number of halogens is 3. The summed E-state index contributed by atoms with van der Waals surface area (Å²) in [6.07, 6.45) is -2.40. The van der Waals surface area contributed by atoms with Crippen molar-refractivity contribution in [3.05, 3.63) is 29.3 Å². The largest absolute Gasteiger partial charge is 0.416 e. The molecule has 118 valence electrons. The van der Waals surface area contributed by atoms with Crippen LogP contribution in [0.5, 0.6) is 0 Å². The van der Waals surface area contributed by atoms with Gasteiger partial charge in [0.05, 0.1) is 11.1 Å². The highest BCUT2D eigenvalue weighted by Crippen LogP contribution is 2.31. The maximum absolute atomic E-state index is 12.7. The van der Waals surface area contributed by atoms with Crippen LogP contribution < -0.4 is 11.1 Å². The summed E-state index contributed by atoms with van der Waals surface area (Å²) < 4.78 is 38.2. The molecule has 3 nitrogen and oxygen atoms in total. The van der Waals surface area contributed by atoms with Crippen LogP contribution >= 0.6 is 0 Å². The van der Waals surface area contributed by atoms with Gasteiger partial charge < -0.3 is 11.1 Å². The maximum atomic E-state index is 12.7. The average molecular weight is 302 g/mol. The Balaban J connectivity index is 3.13. The Morgan fingerprint density at radius 2 is 1.67 bits per heavy atom. The number of nitrogens with two attached hydrogens (primary N) is 1. The predicted molar refractivity (Wildman–Crippen MR) is 76.9 cm³/mol. The summed E-state index contributed by atoms with van der Waals surface area (Å²) in [6, 6.07) is 2.79. The lowest BCUT2D eigenvalue weighted by Crippen LogP contribution is -2.47. The van der Waals surface area contributed by atoms with Crippen LogP contribution in [0.2, 0.25) is 0 Å². The second-order valence-corrected chi connectivity index (χ2v) is 5.09. The van der Waals surface area contributed by atoms with E-state index in [2.05, 4.69) is 5.32 Å². The number of benzene rings is 1. The summed E-state index contributed by atoms with van der Waals surface area (Å²) in [5.41, 5.74) is 4.26. The van der Waals surface area contributed by atoms with Gasteiger partial charge in [-0.25, -0.2) is 0 Å². The van der Waals surface area contributed by atoms with Gasteiger partial charge in [0.15, 0.2) is 0 Å². The molecular formula is C15H21F3N2O. The second kappa shape index (κ2) is 6.37. The standard InChI is InChI=1S/C15H21F3N2O/c1-4-14(5-2,6-3)20-13(21)11-9-10(15(16,17)18)7-8-12(11)19/h7-9H,4-6,19H2,1-3H3,(H,20,21). The molecule has 0 unspecified atom stereocenters. The number of amides is 1. The van der Waals surface area contributed by atoms with Gasteiger partial charge >= 0.3 is 6.18 Å².